The molecule has 0 bridgehead atoms. The van der Waals surface area contributed by atoms with Crippen LogP contribution < -0.4 is 15.4 Å². The van der Waals surface area contributed by atoms with Gasteiger partial charge >= 0.3 is 0 Å². The Morgan fingerprint density at radius 2 is 1.81 bits per heavy atom. The van der Waals surface area contributed by atoms with Crippen LogP contribution >= 0.6 is 0 Å². The molecule has 0 aromatic carbocycles. The summed E-state index contributed by atoms with van der Waals surface area (Å²) in [6, 6.07) is 3.65. The van der Waals surface area contributed by atoms with Gasteiger partial charge in [-0.3, -0.25) is 0 Å². The molecule has 0 saturated carbocycles. The summed E-state index contributed by atoms with van der Waals surface area (Å²) in [6.45, 7) is 7.68. The molecule has 7 nitrogen and oxygen atoms in total. The molecule has 1 aliphatic heterocycles. The van der Waals surface area contributed by atoms with Crippen molar-refractivity contribution in [3.63, 3.8) is 0 Å². The van der Waals surface area contributed by atoms with E-state index in [4.69, 9.17) is 5.73 Å². The molecule has 1 aromatic heterocycles. The van der Waals surface area contributed by atoms with Gasteiger partial charge < -0.3 is 10.6 Å². The van der Waals surface area contributed by atoms with E-state index < -0.39 is 15.7 Å². The topological polar surface area (TPSA) is 91.6 Å². The van der Waals surface area contributed by atoms with E-state index >= 15 is 0 Å². The number of pyridine rings is 1. The maximum Gasteiger partial charge on any atom is 0.280 e. The molecule has 0 unspecified atom stereocenters. The molecule has 0 radical (unpaired) electrons. The molecule has 1 aliphatic rings. The Kier molecular flexibility index (Phi) is 4.40. The van der Waals surface area contributed by atoms with Gasteiger partial charge in [0, 0.05) is 31.7 Å². The molecule has 1 saturated heterocycles. The monoisotopic (exact) mass is 313 g/mol. The van der Waals surface area contributed by atoms with E-state index in [2.05, 4.69) is 14.6 Å². The maximum atomic E-state index is 12.3. The zero-order chi connectivity index (χ0) is 15.7. The van der Waals surface area contributed by atoms with Gasteiger partial charge in [0.15, 0.2) is 0 Å². The van der Waals surface area contributed by atoms with Crippen LogP contribution in [0.1, 0.15) is 20.8 Å². The molecular weight excluding hydrogens is 290 g/mol. The van der Waals surface area contributed by atoms with Crippen molar-refractivity contribution in [3.05, 3.63) is 18.3 Å². The second kappa shape index (κ2) is 5.78. The SMILES string of the molecule is CC(C)(C)NS(=O)(=O)N1CCN(c2ccc(N)nc2)CC1. The highest BCUT2D eigenvalue weighted by Crippen LogP contribution is 2.17. The minimum absolute atomic E-state index is 0.454. The fourth-order valence-corrected chi connectivity index (χ4v) is 3.77. The van der Waals surface area contributed by atoms with Crippen molar-refractivity contribution in [3.8, 4) is 0 Å². The van der Waals surface area contributed by atoms with Crippen molar-refractivity contribution in [2.45, 2.75) is 26.3 Å². The summed E-state index contributed by atoms with van der Waals surface area (Å²) in [5, 5.41) is 0. The van der Waals surface area contributed by atoms with Crippen molar-refractivity contribution in [1.82, 2.24) is 14.0 Å². The highest BCUT2D eigenvalue weighted by Gasteiger charge is 2.30. The summed E-state index contributed by atoms with van der Waals surface area (Å²) < 4.78 is 28.7. The van der Waals surface area contributed by atoms with Gasteiger partial charge in [0.1, 0.15) is 5.82 Å². The van der Waals surface area contributed by atoms with Gasteiger partial charge in [0.05, 0.1) is 11.9 Å². The van der Waals surface area contributed by atoms with Crippen molar-refractivity contribution in [1.29, 1.82) is 0 Å². The first-order valence-corrected chi connectivity index (χ1v) is 8.37. The number of rotatable bonds is 3. The molecule has 3 N–H and O–H groups in total. The zero-order valence-corrected chi connectivity index (χ0v) is 13.5. The highest BCUT2D eigenvalue weighted by atomic mass is 32.2. The van der Waals surface area contributed by atoms with Crippen LogP contribution in [0.3, 0.4) is 0 Å². The first-order valence-electron chi connectivity index (χ1n) is 6.93. The Morgan fingerprint density at radius 1 is 1.19 bits per heavy atom. The summed E-state index contributed by atoms with van der Waals surface area (Å²) in [7, 11) is -3.43. The van der Waals surface area contributed by atoms with Crippen molar-refractivity contribution < 1.29 is 8.42 Å². The Bertz CT molecular complexity index is 572. The summed E-state index contributed by atoms with van der Waals surface area (Å²) in [5.41, 5.74) is 6.06. The predicted molar refractivity (Wildman–Crippen MR) is 84.2 cm³/mol. The lowest BCUT2D eigenvalue weighted by molar-refractivity contribution is 0.364. The molecular formula is C13H23N5O2S. The zero-order valence-electron chi connectivity index (χ0n) is 12.7. The van der Waals surface area contributed by atoms with E-state index in [1.54, 1.807) is 12.3 Å². The van der Waals surface area contributed by atoms with Crippen molar-refractivity contribution >= 4 is 21.7 Å². The molecule has 1 aromatic rings. The number of hydrogen-bond acceptors (Lipinski definition) is 5. The Balaban J connectivity index is 1.98. The number of nitrogens with one attached hydrogen (secondary N) is 1. The molecule has 0 spiro atoms. The number of piperazine rings is 1. The van der Waals surface area contributed by atoms with Crippen LogP contribution in [0.2, 0.25) is 0 Å². The molecule has 0 aliphatic carbocycles. The van der Waals surface area contributed by atoms with E-state index in [0.29, 0.717) is 32.0 Å². The average Bonchev–Trinajstić information content (AvgIpc) is 2.37. The van der Waals surface area contributed by atoms with E-state index in [0.717, 1.165) is 5.69 Å². The second-order valence-corrected chi connectivity index (χ2v) is 7.86. The third kappa shape index (κ3) is 4.29. The third-order valence-electron chi connectivity index (χ3n) is 3.15. The largest absolute Gasteiger partial charge is 0.384 e. The van der Waals surface area contributed by atoms with Crippen molar-refractivity contribution in [2.75, 3.05) is 36.8 Å². The standard InChI is InChI=1S/C13H23N5O2S/c1-13(2,3)16-21(19,20)18-8-6-17(7-9-18)11-4-5-12(14)15-10-11/h4-5,10,16H,6-9H2,1-3H3,(H2,14,15). The van der Waals surface area contributed by atoms with Crippen LogP contribution in [0.25, 0.3) is 0 Å². The molecule has 2 rings (SSSR count). The first-order chi connectivity index (χ1) is 9.67. The van der Waals surface area contributed by atoms with Crippen LogP contribution in [0.4, 0.5) is 11.5 Å². The van der Waals surface area contributed by atoms with E-state index in [1.165, 1.54) is 4.31 Å². The normalized spacial score (nSPS) is 18.0. The van der Waals surface area contributed by atoms with Gasteiger partial charge in [0.2, 0.25) is 0 Å². The number of nitrogens with two attached hydrogens (primary N) is 1. The number of aromatic nitrogens is 1. The Labute approximate surface area is 126 Å². The van der Waals surface area contributed by atoms with Crippen LogP contribution in [0, 0.1) is 0 Å². The number of nitrogens with zero attached hydrogens (tertiary/aromatic N) is 3. The summed E-state index contributed by atoms with van der Waals surface area (Å²) in [6.07, 6.45) is 1.72. The molecule has 8 heteroatoms. The fourth-order valence-electron chi connectivity index (χ4n) is 2.22. The van der Waals surface area contributed by atoms with Gasteiger partial charge in [-0.05, 0) is 32.9 Å². The van der Waals surface area contributed by atoms with E-state index in [9.17, 15) is 8.42 Å². The molecule has 0 amide bonds. The predicted octanol–water partition coefficient (Wildman–Crippen LogP) is 0.419. The molecule has 0 atom stereocenters. The average molecular weight is 313 g/mol. The van der Waals surface area contributed by atoms with Gasteiger partial charge in [-0.25, -0.2) is 4.98 Å². The summed E-state index contributed by atoms with van der Waals surface area (Å²) in [5.74, 6) is 0.481. The Morgan fingerprint density at radius 3 is 2.29 bits per heavy atom. The minimum atomic E-state index is -3.43. The maximum absolute atomic E-state index is 12.3. The van der Waals surface area contributed by atoms with Gasteiger partial charge in [-0.15, -0.1) is 0 Å². The third-order valence-corrected chi connectivity index (χ3v) is 5.06. The van der Waals surface area contributed by atoms with E-state index in [1.807, 2.05) is 26.8 Å². The number of hydrogen-bond donors (Lipinski definition) is 2. The lowest BCUT2D eigenvalue weighted by atomic mass is 10.1. The first kappa shape index (κ1) is 16.0. The van der Waals surface area contributed by atoms with Crippen LogP contribution in [0.15, 0.2) is 18.3 Å². The lowest BCUT2D eigenvalue weighted by Crippen LogP contribution is -2.55. The molecule has 2 heterocycles. The van der Waals surface area contributed by atoms with Crippen molar-refractivity contribution in [2.24, 2.45) is 0 Å². The van der Waals surface area contributed by atoms with Gasteiger partial charge in [-0.2, -0.15) is 17.4 Å². The van der Waals surface area contributed by atoms with Crippen LogP contribution in [-0.4, -0.2) is 49.4 Å². The molecule has 1 fully saturated rings. The second-order valence-electron chi connectivity index (χ2n) is 6.18. The fraction of sp³-hybridized carbons (Fsp3) is 0.615. The smallest absolute Gasteiger partial charge is 0.280 e. The Hall–Kier alpha value is -1.38. The molecule has 21 heavy (non-hydrogen) atoms. The van der Waals surface area contributed by atoms with Gasteiger partial charge in [-0.1, -0.05) is 0 Å². The summed E-state index contributed by atoms with van der Waals surface area (Å²) in [4.78, 5) is 6.17. The van der Waals surface area contributed by atoms with Crippen LogP contribution in [0.5, 0.6) is 0 Å². The quantitative estimate of drug-likeness (QED) is 0.844. The highest BCUT2D eigenvalue weighted by molar-refractivity contribution is 7.87. The number of anilines is 2. The lowest BCUT2D eigenvalue weighted by Gasteiger charge is -2.36. The number of nitrogen functional groups attached to an aromatic ring is 1. The van der Waals surface area contributed by atoms with Gasteiger partial charge in [0.25, 0.3) is 10.2 Å². The summed E-state index contributed by atoms with van der Waals surface area (Å²) >= 11 is 0. The van der Waals surface area contributed by atoms with E-state index in [-0.39, 0.29) is 0 Å². The minimum Gasteiger partial charge on any atom is -0.384 e. The van der Waals surface area contributed by atoms with Crippen LogP contribution in [-0.2, 0) is 10.2 Å². The molecule has 118 valence electrons.